The molecule has 0 saturated carbocycles. The predicted octanol–water partition coefficient (Wildman–Crippen LogP) is 9.68. The molecule has 2 aromatic heterocycles. The van der Waals surface area contributed by atoms with E-state index in [1.807, 2.05) is 121 Å². The second-order valence-corrected chi connectivity index (χ2v) is 12.9. The van der Waals surface area contributed by atoms with Crippen LogP contribution in [0.25, 0.3) is 56.9 Å². The minimum absolute atomic E-state index is 0.0328. The van der Waals surface area contributed by atoms with E-state index in [1.165, 1.54) is 24.3 Å². The van der Waals surface area contributed by atoms with Gasteiger partial charge in [0, 0.05) is 27.8 Å². The van der Waals surface area contributed by atoms with Gasteiger partial charge in [-0.3, -0.25) is 0 Å². The van der Waals surface area contributed by atoms with Crippen molar-refractivity contribution in [2.75, 3.05) is 0 Å². The molecule has 0 radical (unpaired) electrons. The molecule has 2 N–H and O–H groups in total. The van der Waals surface area contributed by atoms with Gasteiger partial charge in [0.05, 0.1) is 10.0 Å². The smallest absolute Gasteiger partial charge is 0.423 e. The lowest BCUT2D eigenvalue weighted by atomic mass is 9.80. The zero-order valence-electron chi connectivity index (χ0n) is 29.1. The summed E-state index contributed by atoms with van der Waals surface area (Å²) in [4.78, 5) is 26.6. The van der Waals surface area contributed by atoms with Crippen LogP contribution in [-0.4, -0.2) is 47.1 Å². The maximum atomic E-state index is 13.5. The fraction of sp³-hybridized carbons (Fsp3) is 0. The van der Waals surface area contributed by atoms with Gasteiger partial charge in [0.2, 0.25) is 5.28 Å². The fourth-order valence-corrected chi connectivity index (χ4v) is 5.56. The zero-order valence-corrected chi connectivity index (χ0v) is 31.3. The summed E-state index contributed by atoms with van der Waals surface area (Å²) in [5.41, 5.74) is 4.40. The van der Waals surface area contributed by atoms with Gasteiger partial charge in [-0.2, -0.15) is 9.97 Å². The van der Waals surface area contributed by atoms with Crippen LogP contribution in [-0.2, 0) is 0 Å². The first-order valence-electron chi connectivity index (χ1n) is 16.8. The highest BCUT2D eigenvalue weighted by Gasteiger charge is 2.14. The summed E-state index contributed by atoms with van der Waals surface area (Å²) in [5.74, 6) is 1.66. The molecule has 0 saturated heterocycles. The van der Waals surface area contributed by atoms with Crippen molar-refractivity contribution in [1.29, 1.82) is 0 Å². The van der Waals surface area contributed by atoms with Gasteiger partial charge < -0.3 is 10.0 Å². The quantitative estimate of drug-likeness (QED) is 0.160. The highest BCUT2D eigenvalue weighted by atomic mass is 35.5. The lowest BCUT2D eigenvalue weighted by Gasteiger charge is -2.08. The van der Waals surface area contributed by atoms with E-state index < -0.39 is 18.8 Å². The Morgan fingerprint density at radius 3 is 1.04 bits per heavy atom. The van der Waals surface area contributed by atoms with Gasteiger partial charge in [0.1, 0.15) is 11.6 Å². The Kier molecular flexibility index (Phi) is 13.5. The van der Waals surface area contributed by atoms with Crippen molar-refractivity contribution in [1.82, 2.24) is 29.9 Å². The first kappa shape index (κ1) is 39.7. The number of aromatic nitrogens is 6. The molecule has 0 bridgehead atoms. The Morgan fingerprint density at radius 2 is 0.696 bits per heavy atom. The Morgan fingerprint density at radius 1 is 0.375 bits per heavy atom. The van der Waals surface area contributed by atoms with Crippen LogP contribution in [0.15, 0.2) is 158 Å². The van der Waals surface area contributed by atoms with Crippen LogP contribution >= 0.6 is 34.8 Å². The molecule has 8 rings (SSSR count). The minimum atomic E-state index is -1.60. The summed E-state index contributed by atoms with van der Waals surface area (Å²) in [6.07, 6.45) is 0. The molecule has 0 spiro atoms. The van der Waals surface area contributed by atoms with E-state index in [2.05, 4.69) is 29.9 Å². The van der Waals surface area contributed by atoms with Gasteiger partial charge in [-0.15, -0.1) is 0 Å². The topological polar surface area (TPSA) is 118 Å². The summed E-state index contributed by atoms with van der Waals surface area (Å²) in [7, 11) is -1.60. The average molecular weight is 804 g/mol. The lowest BCUT2D eigenvalue weighted by molar-refractivity contribution is 0.425. The van der Waals surface area contributed by atoms with Gasteiger partial charge >= 0.3 is 7.12 Å². The van der Waals surface area contributed by atoms with E-state index in [0.717, 1.165) is 28.3 Å². The molecule has 8 nitrogen and oxygen atoms in total. The standard InChI is InChI=1S/C21H13ClFN3.C15H10ClN3.C6H5BClFO2/c22-17-13-16(11-12-18(17)23)21-25-19(14-7-3-1-4-8-14)24-20(26-21)15-9-5-2-6-10-15;16-15-18-13(11-7-3-1-4-8-11)17-14(19-15)12-9-5-2-6-10-12;8-5-3-4(7(10)11)1-2-6(5)9/h1-13H;1-10H;1-3,10-11H. The summed E-state index contributed by atoms with van der Waals surface area (Å²) in [6, 6.07) is 46.7. The van der Waals surface area contributed by atoms with Crippen LogP contribution in [0.2, 0.25) is 15.3 Å². The van der Waals surface area contributed by atoms with Crippen LogP contribution in [0, 0.1) is 11.6 Å². The average Bonchev–Trinajstić information content (AvgIpc) is 3.24. The van der Waals surface area contributed by atoms with Crippen molar-refractivity contribution >= 4 is 47.4 Å². The highest BCUT2D eigenvalue weighted by molar-refractivity contribution is 6.59. The lowest BCUT2D eigenvalue weighted by Crippen LogP contribution is -2.29. The molecule has 0 aliphatic carbocycles. The monoisotopic (exact) mass is 802 g/mol. The summed E-state index contributed by atoms with van der Waals surface area (Å²) < 4.78 is 26.0. The van der Waals surface area contributed by atoms with E-state index in [1.54, 1.807) is 6.07 Å². The van der Waals surface area contributed by atoms with E-state index in [-0.39, 0.29) is 20.8 Å². The molecule has 0 fully saturated rings. The minimum Gasteiger partial charge on any atom is -0.423 e. The van der Waals surface area contributed by atoms with Crippen molar-refractivity contribution in [2.45, 2.75) is 0 Å². The maximum Gasteiger partial charge on any atom is 0.488 e. The molecule has 276 valence electrons. The van der Waals surface area contributed by atoms with Crippen LogP contribution in [0.4, 0.5) is 8.78 Å². The Hall–Kier alpha value is -5.95. The van der Waals surface area contributed by atoms with Gasteiger partial charge in [0.25, 0.3) is 0 Å². The van der Waals surface area contributed by atoms with E-state index in [9.17, 15) is 8.78 Å². The molecule has 0 atom stereocenters. The Bertz CT molecular complexity index is 2410. The summed E-state index contributed by atoms with van der Waals surface area (Å²) in [5, 5.41) is 17.3. The molecule has 0 aliphatic heterocycles. The van der Waals surface area contributed by atoms with Crippen molar-refractivity contribution in [3.8, 4) is 56.9 Å². The second kappa shape index (κ2) is 19.1. The zero-order chi connectivity index (χ0) is 39.4. The number of benzene rings is 6. The third-order valence-electron chi connectivity index (χ3n) is 7.79. The third-order valence-corrected chi connectivity index (χ3v) is 8.54. The van der Waals surface area contributed by atoms with E-state index in [4.69, 9.17) is 44.9 Å². The largest absolute Gasteiger partial charge is 0.488 e. The Labute approximate surface area is 336 Å². The summed E-state index contributed by atoms with van der Waals surface area (Å²) in [6.45, 7) is 0. The van der Waals surface area contributed by atoms with Gasteiger partial charge in [-0.05, 0) is 47.4 Å². The first-order valence-corrected chi connectivity index (χ1v) is 17.9. The molecule has 2 heterocycles. The van der Waals surface area contributed by atoms with Gasteiger partial charge in [-0.1, -0.05) is 151 Å². The van der Waals surface area contributed by atoms with Crippen LogP contribution in [0.1, 0.15) is 0 Å². The summed E-state index contributed by atoms with van der Waals surface area (Å²) >= 11 is 17.3. The highest BCUT2D eigenvalue weighted by Crippen LogP contribution is 2.27. The van der Waals surface area contributed by atoms with E-state index >= 15 is 0 Å². The number of hydrogen-bond donors (Lipinski definition) is 2. The SMILES string of the molecule is Clc1nc(-c2ccccc2)nc(-c2ccccc2)n1.Fc1ccc(-c2nc(-c3ccccc3)nc(-c3ccccc3)n2)cc1Cl.OB(O)c1ccc(F)c(Cl)c1. The molecule has 0 amide bonds. The van der Waals surface area contributed by atoms with Crippen LogP contribution < -0.4 is 5.46 Å². The number of nitrogens with zero attached hydrogens (tertiary/aromatic N) is 6. The molecule has 0 unspecified atom stereocenters. The third kappa shape index (κ3) is 10.6. The van der Waals surface area contributed by atoms with Crippen molar-refractivity contribution in [3.05, 3.63) is 185 Å². The predicted molar refractivity (Wildman–Crippen MR) is 218 cm³/mol. The van der Waals surface area contributed by atoms with Crippen LogP contribution in [0.5, 0.6) is 0 Å². The second-order valence-electron chi connectivity index (χ2n) is 11.7. The maximum absolute atomic E-state index is 13.5. The molecule has 0 aliphatic rings. The van der Waals surface area contributed by atoms with Gasteiger partial charge in [0.15, 0.2) is 29.1 Å². The van der Waals surface area contributed by atoms with Crippen molar-refractivity contribution in [2.24, 2.45) is 0 Å². The van der Waals surface area contributed by atoms with E-state index in [0.29, 0.717) is 34.7 Å². The molecular formula is C42H28BCl3F2N6O2. The Balaban J connectivity index is 0.000000155. The molecule has 6 aromatic carbocycles. The molecule has 8 aromatic rings. The molecular weight excluding hydrogens is 776 g/mol. The number of halogens is 5. The van der Waals surface area contributed by atoms with Gasteiger partial charge in [-0.25, -0.2) is 28.7 Å². The van der Waals surface area contributed by atoms with Crippen LogP contribution in [0.3, 0.4) is 0 Å². The normalized spacial score (nSPS) is 10.4. The fourth-order valence-electron chi connectivity index (χ4n) is 5.03. The van der Waals surface area contributed by atoms with Crippen molar-refractivity contribution < 1.29 is 18.8 Å². The van der Waals surface area contributed by atoms with Crippen molar-refractivity contribution in [3.63, 3.8) is 0 Å². The molecule has 56 heavy (non-hydrogen) atoms. The first-order chi connectivity index (χ1) is 27.1. The molecule has 14 heteroatoms. The number of hydrogen-bond acceptors (Lipinski definition) is 8. The number of rotatable bonds is 6.